The molecule has 3 heterocycles. The van der Waals surface area contributed by atoms with Gasteiger partial charge in [0.05, 0.1) is 18.2 Å². The number of hydrogen-bond donors (Lipinski definition) is 10. The van der Waals surface area contributed by atoms with Crippen molar-refractivity contribution in [2.45, 2.75) is 55.3 Å². The second-order valence-corrected chi connectivity index (χ2v) is 12.2. The quantitative estimate of drug-likeness (QED) is 0.0460. The molecule has 0 aromatic heterocycles. The van der Waals surface area contributed by atoms with Gasteiger partial charge in [0.2, 0.25) is 12.9 Å². The molecule has 0 spiro atoms. The molecule has 2 aromatic rings. The summed E-state index contributed by atoms with van der Waals surface area (Å²) in [5.74, 6) is -3.58. The maximum Gasteiger partial charge on any atom is 0.510 e. The van der Waals surface area contributed by atoms with Crippen LogP contribution >= 0.6 is 0 Å². The van der Waals surface area contributed by atoms with Crippen molar-refractivity contribution in [2.75, 3.05) is 13.2 Å². The smallest absolute Gasteiger partial charge is 0.507 e. The normalized spacial score (nSPS) is 27.5. The van der Waals surface area contributed by atoms with Crippen molar-refractivity contribution in [3.8, 4) is 57.1 Å². The third-order valence-electron chi connectivity index (χ3n) is 8.49. The average molecular weight is 744 g/mol. The number of phenols is 5. The third-order valence-corrected chi connectivity index (χ3v) is 8.49. The van der Waals surface area contributed by atoms with E-state index in [0.717, 1.165) is 30.3 Å². The predicted octanol–water partition coefficient (Wildman–Crippen LogP) is -0.178. The van der Waals surface area contributed by atoms with Gasteiger partial charge in [0, 0.05) is 17.7 Å². The second-order valence-electron chi connectivity index (χ2n) is 12.2. The van der Waals surface area contributed by atoms with Gasteiger partial charge >= 0.3 is 5.97 Å². The van der Waals surface area contributed by atoms with E-state index in [2.05, 4.69) is 0 Å². The number of phenolic OH excluding ortho intramolecular Hbond substituents is 5. The fraction of sp³-hybridized carbons (Fsp3) is 0.314. The molecule has 11 N–H and O–H groups in total. The lowest BCUT2D eigenvalue weighted by atomic mass is 9.98. The first-order chi connectivity index (χ1) is 25.2. The molecular weight excluding hydrogens is 708 g/mol. The molecule has 0 unspecified atom stereocenters. The molecule has 18 nitrogen and oxygen atoms in total. The number of esters is 1. The Labute approximate surface area is 298 Å². The summed E-state index contributed by atoms with van der Waals surface area (Å²) in [4.78, 5) is 22.5. The van der Waals surface area contributed by atoms with Crippen molar-refractivity contribution < 1.29 is 84.0 Å². The molecule has 0 amide bonds. The Morgan fingerprint density at radius 3 is 2.23 bits per heavy atom. The van der Waals surface area contributed by atoms with E-state index in [1.54, 1.807) is 0 Å². The average Bonchev–Trinajstić information content (AvgIpc) is 3.12. The van der Waals surface area contributed by atoms with Crippen LogP contribution in [0.4, 0.5) is 0 Å². The van der Waals surface area contributed by atoms with Gasteiger partial charge in [-0.15, -0.1) is 0 Å². The summed E-state index contributed by atoms with van der Waals surface area (Å²) in [6, 6.07) is 10.6. The maximum absolute atomic E-state index is 12.2. The summed E-state index contributed by atoms with van der Waals surface area (Å²) in [6.45, 7) is -1.11. The van der Waals surface area contributed by atoms with Gasteiger partial charge in [-0.1, -0.05) is 6.07 Å². The SMILES string of the molecule is O=c1cc2oc(-c3ccc(O)c(O)c3)c(O[C@@H]3O[C@H](COC(=[OH+])C=Cc4ccc(O)c(O)c4)[C@@H](O)[C@H](O)[C@H]3O[C@@H]3OC[C@@H](O)[C@H](O)[C@H]3O)cc-2c(O)c1. The number of benzene rings is 3. The zero-order valence-corrected chi connectivity index (χ0v) is 27.2. The summed E-state index contributed by atoms with van der Waals surface area (Å²) in [5, 5.41) is 103. The van der Waals surface area contributed by atoms with Crippen molar-refractivity contribution in [2.24, 2.45) is 0 Å². The minimum absolute atomic E-state index is 0.0310. The van der Waals surface area contributed by atoms with Crippen molar-refractivity contribution >= 4 is 12.0 Å². The Morgan fingerprint density at radius 2 is 1.51 bits per heavy atom. The summed E-state index contributed by atoms with van der Waals surface area (Å²) in [7, 11) is 0. The highest BCUT2D eigenvalue weighted by Crippen LogP contribution is 2.43. The molecule has 282 valence electrons. The number of ether oxygens (including phenoxy) is 5. The van der Waals surface area contributed by atoms with E-state index >= 15 is 0 Å². The van der Waals surface area contributed by atoms with Gasteiger partial charge in [-0.2, -0.15) is 0 Å². The van der Waals surface area contributed by atoms with Crippen LogP contribution in [-0.4, -0.2) is 130 Å². The molecule has 0 saturated carbocycles. The molecule has 6 rings (SSSR count). The molecule has 4 aliphatic rings. The van der Waals surface area contributed by atoms with Gasteiger partial charge < -0.3 is 84.0 Å². The van der Waals surface area contributed by atoms with Crippen molar-refractivity contribution in [3.05, 3.63) is 76.5 Å². The minimum atomic E-state index is -1.92. The fourth-order valence-electron chi connectivity index (χ4n) is 5.62. The zero-order valence-electron chi connectivity index (χ0n) is 27.2. The van der Waals surface area contributed by atoms with Gasteiger partial charge in [-0.3, -0.25) is 4.79 Å². The molecule has 53 heavy (non-hydrogen) atoms. The molecule has 2 saturated heterocycles. The van der Waals surface area contributed by atoms with Crippen LogP contribution in [0, 0.1) is 0 Å². The van der Waals surface area contributed by atoms with Crippen LogP contribution < -0.4 is 10.2 Å². The predicted molar refractivity (Wildman–Crippen MR) is 178 cm³/mol. The van der Waals surface area contributed by atoms with Crippen molar-refractivity contribution in [1.29, 1.82) is 0 Å². The van der Waals surface area contributed by atoms with Gasteiger partial charge in [0.1, 0.15) is 42.0 Å². The van der Waals surface area contributed by atoms with Gasteiger partial charge in [0.15, 0.2) is 58.4 Å². The van der Waals surface area contributed by atoms with Crippen LogP contribution in [0.3, 0.4) is 0 Å². The highest BCUT2D eigenvalue weighted by Gasteiger charge is 2.51. The second kappa shape index (κ2) is 15.3. The number of aliphatic hydroxyl groups excluding tert-OH is 5. The minimum Gasteiger partial charge on any atom is -0.507 e. The number of rotatable bonds is 9. The molecule has 2 aromatic carbocycles. The zero-order chi connectivity index (χ0) is 38.1. The fourth-order valence-corrected chi connectivity index (χ4v) is 5.62. The largest absolute Gasteiger partial charge is 0.510 e. The summed E-state index contributed by atoms with van der Waals surface area (Å²) in [5.41, 5.74) is -0.186. The Hall–Kier alpha value is -5.44. The van der Waals surface area contributed by atoms with E-state index in [1.165, 1.54) is 36.4 Å². The van der Waals surface area contributed by atoms with Crippen molar-refractivity contribution in [1.82, 2.24) is 0 Å². The van der Waals surface area contributed by atoms with Crippen molar-refractivity contribution in [3.63, 3.8) is 0 Å². The first-order valence-corrected chi connectivity index (χ1v) is 15.9. The lowest BCUT2D eigenvalue weighted by Gasteiger charge is -2.44. The number of aromatic hydroxyl groups is 5. The van der Waals surface area contributed by atoms with Gasteiger partial charge in [-0.25, -0.2) is 0 Å². The van der Waals surface area contributed by atoms with Crippen LogP contribution in [0.5, 0.6) is 34.5 Å². The monoisotopic (exact) mass is 743 g/mol. The molecular formula is C35H35O18+. The molecule has 9 atom stereocenters. The maximum atomic E-state index is 12.2. The molecule has 0 radical (unpaired) electrons. The van der Waals surface area contributed by atoms with Gasteiger partial charge in [0.25, 0.3) is 0 Å². The molecule has 18 heteroatoms. The Morgan fingerprint density at radius 1 is 0.792 bits per heavy atom. The lowest BCUT2D eigenvalue weighted by molar-refractivity contribution is -0.344. The Bertz CT molecular complexity index is 2010. The summed E-state index contributed by atoms with van der Waals surface area (Å²) < 4.78 is 34.5. The van der Waals surface area contributed by atoms with E-state index in [4.69, 9.17) is 28.1 Å². The number of hydrogen-bond acceptors (Lipinski definition) is 17. The number of carbonyl (C=O) groups excluding carboxylic acids is 1. The summed E-state index contributed by atoms with van der Waals surface area (Å²) >= 11 is 0. The van der Waals surface area contributed by atoms with Crippen LogP contribution in [0.1, 0.15) is 5.56 Å². The Kier molecular flexibility index (Phi) is 10.8. The third kappa shape index (κ3) is 7.99. The van der Waals surface area contributed by atoms with E-state index in [0.29, 0.717) is 5.56 Å². The highest BCUT2D eigenvalue weighted by molar-refractivity contribution is 5.88. The number of fused-ring (bicyclic) bond motifs is 1. The topological polar surface area (TPSA) is 300 Å². The first kappa shape index (κ1) is 37.3. The number of aliphatic hydroxyl groups is 5. The Balaban J connectivity index is 1.33. The molecule has 2 fully saturated rings. The highest BCUT2D eigenvalue weighted by atomic mass is 16.8. The van der Waals surface area contributed by atoms with Crippen LogP contribution in [0.15, 0.2) is 69.9 Å². The van der Waals surface area contributed by atoms with E-state index in [9.17, 15) is 60.7 Å². The van der Waals surface area contributed by atoms with E-state index in [1.807, 2.05) is 0 Å². The lowest BCUT2D eigenvalue weighted by Crippen LogP contribution is -2.64. The van der Waals surface area contributed by atoms with Crippen LogP contribution in [0.2, 0.25) is 0 Å². The summed E-state index contributed by atoms with van der Waals surface area (Å²) in [6.07, 6.45) is -13.1. The molecule has 0 bridgehead atoms. The van der Waals surface area contributed by atoms with Crippen LogP contribution in [-0.2, 0) is 18.9 Å². The first-order valence-electron chi connectivity index (χ1n) is 15.9. The molecule has 3 aliphatic heterocycles. The van der Waals surface area contributed by atoms with Crippen LogP contribution in [0.25, 0.3) is 28.7 Å². The van der Waals surface area contributed by atoms with E-state index < -0.39 is 103 Å². The standard InChI is InChI=1S/C35H34O18/c36-16-9-20(39)17-11-25(32(50-24(17)10-16)15-3-5-19(38)22(41)8-15)51-35-33(53-34-31(47)28(44)23(42)12-49-34)30(46)29(45)26(52-35)13-48-27(43)6-2-14-1-4-18(37)21(40)7-14/h1-11,23,26,28-31,33-35,37-42,44-47H,12-13H2/p+1/t23-,26-,28+,29-,30+,31-,33-,34+,35-/m1/s1. The van der Waals surface area contributed by atoms with Gasteiger partial charge in [-0.05, 0) is 48.0 Å². The molecule has 1 aliphatic carbocycles. The van der Waals surface area contributed by atoms with E-state index in [-0.39, 0.29) is 34.1 Å².